The van der Waals surface area contributed by atoms with Gasteiger partial charge in [-0.2, -0.15) is 0 Å². The van der Waals surface area contributed by atoms with Crippen LogP contribution in [0.15, 0.2) is 22.7 Å². The zero-order valence-electron chi connectivity index (χ0n) is 14.3. The van der Waals surface area contributed by atoms with E-state index < -0.39 is 6.09 Å². The van der Waals surface area contributed by atoms with Crippen LogP contribution in [0.1, 0.15) is 39.2 Å². The van der Waals surface area contributed by atoms with Gasteiger partial charge in [-0.25, -0.2) is 4.79 Å². The number of carbonyl (C=O) groups is 1. The number of nitrogens with zero attached hydrogens (tertiary/aromatic N) is 1. The summed E-state index contributed by atoms with van der Waals surface area (Å²) in [7, 11) is 0. The van der Waals surface area contributed by atoms with Crippen molar-refractivity contribution < 1.29 is 14.6 Å². The molecule has 1 aliphatic rings. The standard InChI is InChI=1S/C18H26BrNO3/c1-12-14(19)6-5-7-15(12)23-11-9-13-8-10-20(17(21)22)16(13)18(2,3)4/h5-7,13,16H,8-11H2,1-4H3,(H,21,22)/t13-,16?/m0/s1. The van der Waals surface area contributed by atoms with E-state index in [1.54, 1.807) is 4.90 Å². The fourth-order valence-electron chi connectivity index (χ4n) is 3.61. The van der Waals surface area contributed by atoms with Gasteiger partial charge in [-0.1, -0.05) is 42.8 Å². The third kappa shape index (κ3) is 4.19. The molecule has 1 unspecified atom stereocenters. The van der Waals surface area contributed by atoms with E-state index in [9.17, 15) is 9.90 Å². The summed E-state index contributed by atoms with van der Waals surface area (Å²) in [5.41, 5.74) is 1.03. The third-order valence-electron chi connectivity index (χ3n) is 4.62. The molecule has 0 spiro atoms. The van der Waals surface area contributed by atoms with Gasteiger partial charge in [-0.15, -0.1) is 0 Å². The first-order valence-corrected chi connectivity index (χ1v) is 8.88. The number of amides is 1. The van der Waals surface area contributed by atoms with Crippen LogP contribution in [-0.4, -0.2) is 35.3 Å². The van der Waals surface area contributed by atoms with E-state index >= 15 is 0 Å². The Kier molecular flexibility index (Phi) is 5.61. The molecule has 1 aromatic carbocycles. The second kappa shape index (κ2) is 7.12. The highest BCUT2D eigenvalue weighted by Gasteiger charge is 2.43. The zero-order chi connectivity index (χ0) is 17.2. The summed E-state index contributed by atoms with van der Waals surface area (Å²) in [6.45, 7) is 9.61. The van der Waals surface area contributed by atoms with Gasteiger partial charge < -0.3 is 14.7 Å². The van der Waals surface area contributed by atoms with Crippen molar-refractivity contribution in [3.63, 3.8) is 0 Å². The van der Waals surface area contributed by atoms with E-state index in [1.165, 1.54) is 0 Å². The first-order chi connectivity index (χ1) is 10.7. The maximum atomic E-state index is 11.5. The second-order valence-corrected chi connectivity index (χ2v) is 8.19. The third-order valence-corrected chi connectivity index (χ3v) is 5.48. The van der Waals surface area contributed by atoms with E-state index in [1.807, 2.05) is 25.1 Å². The Morgan fingerprint density at radius 3 is 2.74 bits per heavy atom. The van der Waals surface area contributed by atoms with Crippen LogP contribution in [0.4, 0.5) is 4.79 Å². The van der Waals surface area contributed by atoms with Crippen molar-refractivity contribution >= 4 is 22.0 Å². The highest BCUT2D eigenvalue weighted by Crippen LogP contribution is 2.38. The Hall–Kier alpha value is -1.23. The van der Waals surface area contributed by atoms with Crippen molar-refractivity contribution in [2.24, 2.45) is 11.3 Å². The molecule has 1 amide bonds. The van der Waals surface area contributed by atoms with Gasteiger partial charge in [0.1, 0.15) is 5.75 Å². The number of likely N-dealkylation sites (tertiary alicyclic amines) is 1. The molecule has 0 radical (unpaired) electrons. The minimum atomic E-state index is -0.809. The van der Waals surface area contributed by atoms with Crippen LogP contribution in [-0.2, 0) is 0 Å². The SMILES string of the molecule is Cc1c(Br)cccc1OCC[C@@H]1CCN(C(=O)O)C1C(C)(C)C. The fourth-order valence-corrected chi connectivity index (χ4v) is 3.96. The summed E-state index contributed by atoms with van der Waals surface area (Å²) in [6, 6.07) is 5.98. The quantitative estimate of drug-likeness (QED) is 0.800. The molecule has 1 aliphatic heterocycles. The van der Waals surface area contributed by atoms with Gasteiger partial charge in [0.25, 0.3) is 0 Å². The van der Waals surface area contributed by atoms with Gasteiger partial charge in [0.2, 0.25) is 0 Å². The first-order valence-electron chi connectivity index (χ1n) is 8.09. The number of benzene rings is 1. The molecule has 1 saturated heterocycles. The smallest absolute Gasteiger partial charge is 0.407 e. The number of hydrogen-bond donors (Lipinski definition) is 1. The molecule has 128 valence electrons. The maximum absolute atomic E-state index is 11.5. The predicted molar refractivity (Wildman–Crippen MR) is 95.1 cm³/mol. The lowest BCUT2D eigenvalue weighted by Crippen LogP contribution is -2.45. The summed E-state index contributed by atoms with van der Waals surface area (Å²) in [5.74, 6) is 1.23. The van der Waals surface area contributed by atoms with Crippen LogP contribution in [0.25, 0.3) is 0 Å². The van der Waals surface area contributed by atoms with Crippen molar-refractivity contribution in [3.05, 3.63) is 28.2 Å². The summed E-state index contributed by atoms with van der Waals surface area (Å²) in [5, 5.41) is 9.42. The van der Waals surface area contributed by atoms with Crippen LogP contribution in [0, 0.1) is 18.3 Å². The monoisotopic (exact) mass is 383 g/mol. The van der Waals surface area contributed by atoms with Crippen LogP contribution >= 0.6 is 15.9 Å². The molecule has 0 aliphatic carbocycles. The topological polar surface area (TPSA) is 49.8 Å². The molecular formula is C18H26BrNO3. The largest absolute Gasteiger partial charge is 0.493 e. The van der Waals surface area contributed by atoms with Crippen molar-refractivity contribution in [2.75, 3.05) is 13.2 Å². The summed E-state index contributed by atoms with van der Waals surface area (Å²) >= 11 is 3.51. The molecule has 23 heavy (non-hydrogen) atoms. The van der Waals surface area contributed by atoms with Gasteiger partial charge in [-0.05, 0) is 43.2 Å². The lowest BCUT2D eigenvalue weighted by Gasteiger charge is -2.37. The highest BCUT2D eigenvalue weighted by molar-refractivity contribution is 9.10. The molecule has 1 N–H and O–H groups in total. The van der Waals surface area contributed by atoms with Crippen LogP contribution in [0.2, 0.25) is 0 Å². The fraction of sp³-hybridized carbons (Fsp3) is 0.611. The van der Waals surface area contributed by atoms with Gasteiger partial charge in [0.05, 0.1) is 6.61 Å². The Morgan fingerprint density at radius 1 is 1.43 bits per heavy atom. The number of hydrogen-bond acceptors (Lipinski definition) is 2. The van der Waals surface area contributed by atoms with Crippen LogP contribution in [0.3, 0.4) is 0 Å². The van der Waals surface area contributed by atoms with E-state index in [4.69, 9.17) is 4.74 Å². The Balaban J connectivity index is 1.99. The van der Waals surface area contributed by atoms with Gasteiger partial charge in [0.15, 0.2) is 0 Å². The van der Waals surface area contributed by atoms with Crippen LogP contribution < -0.4 is 4.74 Å². The Morgan fingerprint density at radius 2 is 2.13 bits per heavy atom. The lowest BCUT2D eigenvalue weighted by molar-refractivity contribution is 0.0859. The molecule has 0 bridgehead atoms. The molecule has 1 aromatic rings. The molecule has 1 heterocycles. The van der Waals surface area contributed by atoms with E-state index in [0.29, 0.717) is 19.1 Å². The number of halogens is 1. The number of rotatable bonds is 4. The summed E-state index contributed by atoms with van der Waals surface area (Å²) < 4.78 is 6.98. The lowest BCUT2D eigenvalue weighted by atomic mass is 9.78. The molecule has 1 fully saturated rings. The minimum Gasteiger partial charge on any atom is -0.493 e. The predicted octanol–water partition coefficient (Wildman–Crippen LogP) is 4.94. The van der Waals surface area contributed by atoms with Gasteiger partial charge >= 0.3 is 6.09 Å². The number of carboxylic acid groups (broad SMARTS) is 1. The maximum Gasteiger partial charge on any atom is 0.407 e. The highest BCUT2D eigenvalue weighted by atomic mass is 79.9. The normalized spacial score (nSPS) is 21.5. The molecule has 0 aromatic heterocycles. The molecular weight excluding hydrogens is 358 g/mol. The minimum absolute atomic E-state index is 0.0483. The molecule has 2 atom stereocenters. The van der Waals surface area contributed by atoms with Crippen molar-refractivity contribution in [1.82, 2.24) is 4.90 Å². The molecule has 5 heteroatoms. The van der Waals surface area contributed by atoms with E-state index in [-0.39, 0.29) is 11.5 Å². The average Bonchev–Trinajstić information content (AvgIpc) is 2.88. The second-order valence-electron chi connectivity index (χ2n) is 7.34. The molecule has 2 rings (SSSR count). The Bertz CT molecular complexity index is 568. The van der Waals surface area contributed by atoms with E-state index in [0.717, 1.165) is 28.6 Å². The van der Waals surface area contributed by atoms with Crippen molar-refractivity contribution in [3.8, 4) is 5.75 Å². The zero-order valence-corrected chi connectivity index (χ0v) is 15.9. The van der Waals surface area contributed by atoms with Crippen molar-refractivity contribution in [1.29, 1.82) is 0 Å². The van der Waals surface area contributed by atoms with E-state index in [2.05, 4.69) is 36.7 Å². The Labute approximate surface area is 147 Å². The molecule has 0 saturated carbocycles. The van der Waals surface area contributed by atoms with Crippen molar-refractivity contribution in [2.45, 2.75) is 46.6 Å². The van der Waals surface area contributed by atoms with Gasteiger partial charge in [-0.3, -0.25) is 0 Å². The number of ether oxygens (including phenoxy) is 1. The van der Waals surface area contributed by atoms with Crippen LogP contribution in [0.5, 0.6) is 5.75 Å². The summed E-state index contributed by atoms with van der Waals surface area (Å²) in [4.78, 5) is 13.1. The molecule has 4 nitrogen and oxygen atoms in total. The average molecular weight is 384 g/mol. The summed E-state index contributed by atoms with van der Waals surface area (Å²) in [6.07, 6.45) is 0.975. The first kappa shape index (κ1) is 18.1. The van der Waals surface area contributed by atoms with Gasteiger partial charge in [0, 0.05) is 22.6 Å².